The summed E-state index contributed by atoms with van der Waals surface area (Å²) in [6, 6.07) is -0.202. The minimum Gasteiger partial charge on any atom is -0.388 e. The topological polar surface area (TPSA) is 74.7 Å². The molecule has 1 N–H and O–H groups in total. The summed E-state index contributed by atoms with van der Waals surface area (Å²) in [5.74, 6) is -0.444. The molecule has 1 amide bonds. The van der Waals surface area contributed by atoms with Crippen LogP contribution < -0.4 is 0 Å². The van der Waals surface area contributed by atoms with E-state index < -0.39 is 28.0 Å². The Bertz CT molecular complexity index is 668. The average molecular weight is 325 g/mol. The van der Waals surface area contributed by atoms with Crippen LogP contribution in [-0.4, -0.2) is 41.6 Å². The van der Waals surface area contributed by atoms with E-state index in [9.17, 15) is 18.3 Å². The molecule has 1 heterocycles. The zero-order chi connectivity index (χ0) is 15.9. The highest BCUT2D eigenvalue weighted by molar-refractivity contribution is 7.90. The Balaban J connectivity index is 1.74. The van der Waals surface area contributed by atoms with Gasteiger partial charge in [-0.05, 0) is 37.0 Å². The third-order valence-corrected chi connectivity index (χ3v) is 8.99. The van der Waals surface area contributed by atoms with Gasteiger partial charge in [0.05, 0.1) is 23.8 Å². The number of allylic oxidation sites excluding steroid dienone is 1. The third-order valence-electron chi connectivity index (χ3n) is 7.08. The molecule has 5 nitrogen and oxygen atoms in total. The second-order valence-corrected chi connectivity index (χ2v) is 9.86. The van der Waals surface area contributed by atoms with Crippen LogP contribution in [0.2, 0.25) is 0 Å². The van der Waals surface area contributed by atoms with E-state index in [-0.39, 0.29) is 22.6 Å². The molecule has 0 aromatic heterocycles. The Morgan fingerprint density at radius 2 is 2.09 bits per heavy atom. The summed E-state index contributed by atoms with van der Waals surface area (Å²) < 4.78 is 26.7. The molecule has 1 aliphatic heterocycles. The molecule has 0 aromatic rings. The fourth-order valence-electron chi connectivity index (χ4n) is 5.63. The van der Waals surface area contributed by atoms with Gasteiger partial charge in [-0.15, -0.1) is 0 Å². The number of carbonyl (C=O) groups is 1. The SMILES string of the molecule is CC1(C)[C@@H]2CC[C@]13CS(=O)(=O)N(C(=O)[C@@H]1CC=C[C@@H]1O)[C@@H]3C2. The van der Waals surface area contributed by atoms with Gasteiger partial charge in [0.2, 0.25) is 15.9 Å². The second-order valence-electron chi connectivity index (χ2n) is 8.02. The van der Waals surface area contributed by atoms with E-state index in [4.69, 9.17) is 0 Å². The summed E-state index contributed by atoms with van der Waals surface area (Å²) in [6.45, 7) is 4.33. The summed E-state index contributed by atoms with van der Waals surface area (Å²) in [6.07, 6.45) is 5.67. The van der Waals surface area contributed by atoms with Crippen molar-refractivity contribution in [2.45, 2.75) is 51.7 Å². The third kappa shape index (κ3) is 1.53. The van der Waals surface area contributed by atoms with Crippen LogP contribution in [0.3, 0.4) is 0 Å². The van der Waals surface area contributed by atoms with Crippen LogP contribution in [0, 0.1) is 22.7 Å². The van der Waals surface area contributed by atoms with E-state index in [2.05, 4.69) is 13.8 Å². The van der Waals surface area contributed by atoms with E-state index in [1.807, 2.05) is 0 Å². The molecule has 22 heavy (non-hydrogen) atoms. The van der Waals surface area contributed by atoms with Gasteiger partial charge in [-0.25, -0.2) is 12.7 Å². The lowest BCUT2D eigenvalue weighted by Crippen LogP contribution is -2.47. The van der Waals surface area contributed by atoms with Gasteiger partial charge in [0.1, 0.15) is 0 Å². The molecule has 5 atom stereocenters. The molecular formula is C16H23NO4S. The molecule has 122 valence electrons. The second kappa shape index (κ2) is 4.15. The maximum Gasteiger partial charge on any atom is 0.242 e. The summed E-state index contributed by atoms with van der Waals surface area (Å²) in [7, 11) is -3.58. The number of hydrogen-bond donors (Lipinski definition) is 1. The van der Waals surface area contributed by atoms with Crippen molar-refractivity contribution in [3.05, 3.63) is 12.2 Å². The Kier molecular flexibility index (Phi) is 2.77. The predicted molar refractivity (Wildman–Crippen MR) is 81.2 cm³/mol. The van der Waals surface area contributed by atoms with E-state index >= 15 is 0 Å². The molecule has 3 aliphatic carbocycles. The summed E-state index contributed by atoms with van der Waals surface area (Å²) in [5.41, 5.74) is -0.324. The molecule has 3 fully saturated rings. The van der Waals surface area contributed by atoms with Crippen molar-refractivity contribution in [1.82, 2.24) is 4.31 Å². The molecule has 4 aliphatic rings. The van der Waals surface area contributed by atoms with Gasteiger partial charge in [0, 0.05) is 5.41 Å². The molecule has 4 rings (SSSR count). The van der Waals surface area contributed by atoms with Crippen LogP contribution in [0.1, 0.15) is 39.5 Å². The maximum absolute atomic E-state index is 12.8. The zero-order valence-electron chi connectivity index (χ0n) is 13.0. The molecule has 2 saturated carbocycles. The van der Waals surface area contributed by atoms with E-state index in [1.54, 1.807) is 12.2 Å². The number of nitrogens with zero attached hydrogens (tertiary/aromatic N) is 1. The first kappa shape index (κ1) is 14.7. The quantitative estimate of drug-likeness (QED) is 0.737. The minimum absolute atomic E-state index is 0.0354. The van der Waals surface area contributed by atoms with Crippen molar-refractivity contribution in [2.24, 2.45) is 22.7 Å². The highest BCUT2D eigenvalue weighted by Crippen LogP contribution is 2.70. The van der Waals surface area contributed by atoms with Gasteiger partial charge in [0.15, 0.2) is 0 Å². The normalized spacial score (nSPS) is 47.1. The van der Waals surface area contributed by atoms with Crippen molar-refractivity contribution >= 4 is 15.9 Å². The Labute approximate surface area is 131 Å². The van der Waals surface area contributed by atoms with Crippen molar-refractivity contribution in [3.8, 4) is 0 Å². The number of carbonyl (C=O) groups excluding carboxylic acids is 1. The van der Waals surface area contributed by atoms with Gasteiger partial charge >= 0.3 is 0 Å². The van der Waals surface area contributed by atoms with Gasteiger partial charge in [0.25, 0.3) is 0 Å². The van der Waals surface area contributed by atoms with E-state index in [1.165, 1.54) is 4.31 Å². The fourth-order valence-corrected chi connectivity index (χ4v) is 8.21. The Morgan fingerprint density at radius 1 is 1.36 bits per heavy atom. The lowest BCUT2D eigenvalue weighted by Gasteiger charge is -2.37. The predicted octanol–water partition coefficient (Wildman–Crippen LogP) is 1.29. The van der Waals surface area contributed by atoms with Gasteiger partial charge in [-0.1, -0.05) is 26.0 Å². The number of aliphatic hydroxyl groups excluding tert-OH is 1. The maximum atomic E-state index is 12.8. The van der Waals surface area contributed by atoms with Gasteiger partial charge < -0.3 is 5.11 Å². The molecular weight excluding hydrogens is 302 g/mol. The Hall–Kier alpha value is -0.880. The van der Waals surface area contributed by atoms with E-state index in [0.29, 0.717) is 12.3 Å². The number of fused-ring (bicyclic) bond motifs is 1. The van der Waals surface area contributed by atoms with Crippen molar-refractivity contribution < 1.29 is 18.3 Å². The lowest BCUT2D eigenvalue weighted by molar-refractivity contribution is -0.135. The van der Waals surface area contributed by atoms with Crippen LogP contribution in [0.25, 0.3) is 0 Å². The number of hydrogen-bond acceptors (Lipinski definition) is 4. The Morgan fingerprint density at radius 3 is 2.68 bits per heavy atom. The van der Waals surface area contributed by atoms with Crippen LogP contribution in [-0.2, 0) is 14.8 Å². The molecule has 6 heteroatoms. The molecule has 0 radical (unpaired) electrons. The van der Waals surface area contributed by atoms with Crippen molar-refractivity contribution in [2.75, 3.05) is 5.75 Å². The first-order valence-electron chi connectivity index (χ1n) is 8.11. The standard InChI is InChI=1S/C16H23NO4S/c1-15(2)10-6-7-16(15)9-22(20,21)17(13(16)8-10)14(19)11-4-3-5-12(11)18/h3,5,10-13,18H,4,6-9H2,1-2H3/t10-,11-,12+,13-,16-/m1/s1. The van der Waals surface area contributed by atoms with Crippen LogP contribution in [0.4, 0.5) is 0 Å². The number of sulfonamides is 1. The molecule has 0 unspecified atom stereocenters. The highest BCUT2D eigenvalue weighted by atomic mass is 32.2. The molecule has 1 spiro atoms. The first-order valence-corrected chi connectivity index (χ1v) is 9.72. The number of aliphatic hydroxyl groups is 1. The summed E-state index contributed by atoms with van der Waals surface area (Å²) in [5, 5.41) is 9.93. The smallest absolute Gasteiger partial charge is 0.242 e. The van der Waals surface area contributed by atoms with Gasteiger partial charge in [-0.2, -0.15) is 0 Å². The molecule has 2 bridgehead atoms. The van der Waals surface area contributed by atoms with Crippen molar-refractivity contribution in [1.29, 1.82) is 0 Å². The minimum atomic E-state index is -3.58. The molecule has 1 saturated heterocycles. The number of rotatable bonds is 1. The number of amides is 1. The first-order chi connectivity index (χ1) is 10.2. The lowest BCUT2D eigenvalue weighted by atomic mass is 9.69. The zero-order valence-corrected chi connectivity index (χ0v) is 13.8. The summed E-state index contributed by atoms with van der Waals surface area (Å²) >= 11 is 0. The summed E-state index contributed by atoms with van der Waals surface area (Å²) in [4.78, 5) is 12.8. The molecule has 0 aromatic carbocycles. The fraction of sp³-hybridized carbons (Fsp3) is 0.812. The average Bonchev–Trinajstić information content (AvgIpc) is 3.06. The van der Waals surface area contributed by atoms with Crippen LogP contribution in [0.5, 0.6) is 0 Å². The van der Waals surface area contributed by atoms with Crippen LogP contribution >= 0.6 is 0 Å². The van der Waals surface area contributed by atoms with Crippen LogP contribution in [0.15, 0.2) is 12.2 Å². The van der Waals surface area contributed by atoms with Gasteiger partial charge in [-0.3, -0.25) is 4.79 Å². The van der Waals surface area contributed by atoms with Crippen molar-refractivity contribution in [3.63, 3.8) is 0 Å². The van der Waals surface area contributed by atoms with E-state index in [0.717, 1.165) is 19.3 Å². The highest BCUT2D eigenvalue weighted by Gasteiger charge is 2.72. The largest absolute Gasteiger partial charge is 0.388 e. The monoisotopic (exact) mass is 325 g/mol.